The number of carbonyl (C=O) groups is 2. The van der Waals surface area contributed by atoms with Gasteiger partial charge in [-0.25, -0.2) is 0 Å². The first-order chi connectivity index (χ1) is 19.1. The summed E-state index contributed by atoms with van der Waals surface area (Å²) in [7, 11) is 0. The van der Waals surface area contributed by atoms with Crippen LogP contribution in [0.25, 0.3) is 11.1 Å². The zero-order valence-electron chi connectivity index (χ0n) is 23.5. The third-order valence-corrected chi connectivity index (χ3v) is 7.57. The van der Waals surface area contributed by atoms with Crippen molar-refractivity contribution in [3.05, 3.63) is 95.1 Å². The van der Waals surface area contributed by atoms with Crippen LogP contribution in [-0.4, -0.2) is 49.1 Å². The molecule has 1 atom stereocenters. The number of esters is 1. The van der Waals surface area contributed by atoms with Gasteiger partial charge < -0.3 is 15.0 Å². The van der Waals surface area contributed by atoms with Crippen LogP contribution in [0.4, 0.5) is 0 Å². The van der Waals surface area contributed by atoms with Crippen molar-refractivity contribution in [2.45, 2.75) is 64.8 Å². The van der Waals surface area contributed by atoms with Crippen LogP contribution in [0, 0.1) is 0 Å². The molecule has 5 heteroatoms. The molecule has 4 rings (SSSR count). The molecule has 1 aliphatic rings. The van der Waals surface area contributed by atoms with Crippen molar-refractivity contribution in [3.63, 3.8) is 0 Å². The molecule has 206 valence electrons. The fourth-order valence-electron chi connectivity index (χ4n) is 5.54. The molecule has 0 radical (unpaired) electrons. The van der Waals surface area contributed by atoms with E-state index in [2.05, 4.69) is 47.5 Å². The molecule has 0 aliphatic heterocycles. The van der Waals surface area contributed by atoms with Gasteiger partial charge in [0.15, 0.2) is 0 Å². The van der Waals surface area contributed by atoms with Crippen molar-refractivity contribution in [3.8, 4) is 11.1 Å². The number of fused-ring (bicyclic) bond motifs is 1. The molecule has 0 bridgehead atoms. The average Bonchev–Trinajstić information content (AvgIpc) is 2.96. The highest BCUT2D eigenvalue weighted by Crippen LogP contribution is 2.26. The van der Waals surface area contributed by atoms with Crippen molar-refractivity contribution in [1.29, 1.82) is 0 Å². The highest BCUT2D eigenvalue weighted by atomic mass is 16.5. The molecule has 0 saturated heterocycles. The molecule has 1 N–H and O–H groups in total. The Labute approximate surface area is 233 Å². The minimum absolute atomic E-state index is 0.00811. The van der Waals surface area contributed by atoms with Gasteiger partial charge in [-0.15, -0.1) is 0 Å². The number of rotatable bonds is 13. The minimum Gasteiger partial charge on any atom is -0.466 e. The summed E-state index contributed by atoms with van der Waals surface area (Å²) >= 11 is 0. The molecule has 39 heavy (non-hydrogen) atoms. The number of amides is 1. The van der Waals surface area contributed by atoms with E-state index in [4.69, 9.17) is 4.74 Å². The quantitative estimate of drug-likeness (QED) is 0.212. The SMILES string of the molecule is CCCN(CCCCNC(=O)c1ccc(-c2ccccc2)cc1)C1CCc2cc(CC(=O)OCC)ccc2C1. The first-order valence-electron chi connectivity index (χ1n) is 14.5. The third kappa shape index (κ3) is 8.27. The van der Waals surface area contributed by atoms with Gasteiger partial charge >= 0.3 is 5.97 Å². The topological polar surface area (TPSA) is 58.6 Å². The fraction of sp³-hybridized carbons (Fsp3) is 0.412. The fourth-order valence-corrected chi connectivity index (χ4v) is 5.54. The van der Waals surface area contributed by atoms with Crippen LogP contribution in [0.5, 0.6) is 0 Å². The molecule has 5 nitrogen and oxygen atoms in total. The first kappa shape index (κ1) is 28.6. The summed E-state index contributed by atoms with van der Waals surface area (Å²) in [6.45, 7) is 7.35. The number of ether oxygens (including phenoxy) is 1. The lowest BCUT2D eigenvalue weighted by molar-refractivity contribution is -0.142. The van der Waals surface area contributed by atoms with Crippen LogP contribution in [-0.2, 0) is 28.8 Å². The molecule has 0 saturated carbocycles. The van der Waals surface area contributed by atoms with E-state index in [1.165, 1.54) is 11.1 Å². The second kappa shape index (κ2) is 14.6. The standard InChI is InChI=1S/C34H42N2O3/c1-3-21-36(32-19-18-30-23-26(12-13-31(30)25-32)24-33(37)39-4-2)22-9-8-20-35-34(38)29-16-14-28(15-17-29)27-10-6-5-7-11-27/h5-7,10-17,23,32H,3-4,8-9,18-22,24-25H2,1-2H3,(H,35,38). The van der Waals surface area contributed by atoms with Crippen molar-refractivity contribution in [1.82, 2.24) is 10.2 Å². The zero-order chi connectivity index (χ0) is 27.5. The summed E-state index contributed by atoms with van der Waals surface area (Å²) in [5, 5.41) is 3.09. The Morgan fingerprint density at radius 3 is 2.41 bits per heavy atom. The maximum absolute atomic E-state index is 12.6. The van der Waals surface area contributed by atoms with Gasteiger partial charge in [0.05, 0.1) is 13.0 Å². The summed E-state index contributed by atoms with van der Waals surface area (Å²) in [6, 6.07) is 25.1. The van der Waals surface area contributed by atoms with E-state index in [1.54, 1.807) is 0 Å². The first-order valence-corrected chi connectivity index (χ1v) is 14.5. The average molecular weight is 527 g/mol. The van der Waals surface area contributed by atoms with E-state index >= 15 is 0 Å². The molecule has 0 heterocycles. The minimum atomic E-state index is -0.155. The van der Waals surface area contributed by atoms with Crippen molar-refractivity contribution in [2.75, 3.05) is 26.2 Å². The normalized spacial score (nSPS) is 14.6. The molecular formula is C34H42N2O3. The van der Waals surface area contributed by atoms with E-state index in [0.29, 0.717) is 31.2 Å². The summed E-state index contributed by atoms with van der Waals surface area (Å²) in [6.07, 6.45) is 6.77. The van der Waals surface area contributed by atoms with Crippen LogP contribution >= 0.6 is 0 Å². The summed E-state index contributed by atoms with van der Waals surface area (Å²) < 4.78 is 5.11. The number of carbonyl (C=O) groups excluding carboxylic acids is 2. The Morgan fingerprint density at radius 2 is 1.67 bits per heavy atom. The number of aryl methyl sites for hydroxylation is 1. The third-order valence-electron chi connectivity index (χ3n) is 7.57. The lowest BCUT2D eigenvalue weighted by atomic mass is 9.86. The molecule has 3 aromatic rings. The second-order valence-electron chi connectivity index (χ2n) is 10.4. The van der Waals surface area contributed by atoms with Gasteiger partial charge in [0, 0.05) is 18.2 Å². The predicted molar refractivity (Wildman–Crippen MR) is 158 cm³/mol. The second-order valence-corrected chi connectivity index (χ2v) is 10.4. The zero-order valence-corrected chi connectivity index (χ0v) is 23.5. The van der Waals surface area contributed by atoms with E-state index < -0.39 is 0 Å². The lowest BCUT2D eigenvalue weighted by Crippen LogP contribution is -2.40. The Hall–Kier alpha value is -3.44. The molecule has 3 aromatic carbocycles. The summed E-state index contributed by atoms with van der Waals surface area (Å²) in [5.74, 6) is -0.163. The maximum Gasteiger partial charge on any atom is 0.310 e. The summed E-state index contributed by atoms with van der Waals surface area (Å²) in [4.78, 5) is 27.1. The van der Waals surface area contributed by atoms with Crippen molar-refractivity contribution >= 4 is 11.9 Å². The summed E-state index contributed by atoms with van der Waals surface area (Å²) in [5.41, 5.74) is 6.81. The van der Waals surface area contributed by atoms with Gasteiger partial charge in [0.25, 0.3) is 5.91 Å². The molecule has 0 spiro atoms. The molecule has 1 aliphatic carbocycles. The van der Waals surface area contributed by atoms with Crippen LogP contribution in [0.2, 0.25) is 0 Å². The predicted octanol–water partition coefficient (Wildman–Crippen LogP) is 6.24. The van der Waals surface area contributed by atoms with E-state index in [1.807, 2.05) is 49.4 Å². The monoisotopic (exact) mass is 526 g/mol. The van der Waals surface area contributed by atoms with Gasteiger partial charge in [0.2, 0.25) is 0 Å². The lowest BCUT2D eigenvalue weighted by Gasteiger charge is -2.35. The van der Waals surface area contributed by atoms with Crippen molar-refractivity contribution < 1.29 is 14.3 Å². The molecule has 0 aromatic heterocycles. The Morgan fingerprint density at radius 1 is 0.897 bits per heavy atom. The van der Waals surface area contributed by atoms with Gasteiger partial charge in [0.1, 0.15) is 0 Å². The number of unbranched alkanes of at least 4 members (excludes halogenated alkanes) is 1. The number of nitrogens with one attached hydrogen (secondary N) is 1. The van der Waals surface area contributed by atoms with Gasteiger partial charge in [-0.3, -0.25) is 9.59 Å². The molecule has 1 amide bonds. The van der Waals surface area contributed by atoms with E-state index in [9.17, 15) is 9.59 Å². The van der Waals surface area contributed by atoms with Crippen LogP contribution in [0.15, 0.2) is 72.8 Å². The largest absolute Gasteiger partial charge is 0.466 e. The highest BCUT2D eigenvalue weighted by molar-refractivity contribution is 5.94. The molecule has 1 unspecified atom stereocenters. The number of nitrogens with zero attached hydrogens (tertiary/aromatic N) is 1. The van der Waals surface area contributed by atoms with Gasteiger partial charge in [-0.05, 0) is 98.5 Å². The molecular weight excluding hydrogens is 484 g/mol. The van der Waals surface area contributed by atoms with E-state index in [0.717, 1.165) is 68.3 Å². The van der Waals surface area contributed by atoms with Crippen LogP contribution < -0.4 is 5.32 Å². The maximum atomic E-state index is 12.6. The Balaban J connectivity index is 1.21. The van der Waals surface area contributed by atoms with E-state index in [-0.39, 0.29) is 11.9 Å². The van der Waals surface area contributed by atoms with Crippen LogP contribution in [0.3, 0.4) is 0 Å². The smallest absolute Gasteiger partial charge is 0.310 e. The number of hydrogen-bond acceptors (Lipinski definition) is 4. The van der Waals surface area contributed by atoms with Crippen LogP contribution in [0.1, 0.15) is 66.6 Å². The Bertz CT molecular complexity index is 1210. The van der Waals surface area contributed by atoms with Gasteiger partial charge in [-0.1, -0.05) is 67.6 Å². The van der Waals surface area contributed by atoms with Crippen molar-refractivity contribution in [2.24, 2.45) is 0 Å². The van der Waals surface area contributed by atoms with Gasteiger partial charge in [-0.2, -0.15) is 0 Å². The molecule has 0 fully saturated rings. The number of benzene rings is 3. The Kier molecular flexibility index (Phi) is 10.7. The highest BCUT2D eigenvalue weighted by Gasteiger charge is 2.24. The number of hydrogen-bond donors (Lipinski definition) is 1.